The molecule has 0 spiro atoms. The Kier molecular flexibility index (Phi) is 9.13. The molecule has 0 unspecified atom stereocenters. The van der Waals surface area contributed by atoms with E-state index < -0.39 is 17.4 Å². The number of carbonyl (C=O) groups is 3. The average molecular weight is 731 g/mol. The molecule has 2 heterocycles. The number of halogens is 1. The van der Waals surface area contributed by atoms with Crippen LogP contribution in [0.5, 0.6) is 0 Å². The first-order valence-corrected chi connectivity index (χ1v) is 17.4. The van der Waals surface area contributed by atoms with Crippen LogP contribution >= 0.6 is 15.9 Å². The Hall–Kier alpha value is -5.09. The van der Waals surface area contributed by atoms with Gasteiger partial charge in [-0.2, -0.15) is 0 Å². The zero-order valence-corrected chi connectivity index (χ0v) is 29.1. The molecular formula is C41H36BrN3O5. The maximum absolute atomic E-state index is 14.2. The van der Waals surface area contributed by atoms with Crippen molar-refractivity contribution in [2.75, 3.05) is 23.0 Å². The van der Waals surface area contributed by atoms with Crippen molar-refractivity contribution >= 4 is 61.5 Å². The monoisotopic (exact) mass is 729 g/mol. The number of aliphatic hydroxyl groups is 2. The molecule has 0 fully saturated rings. The number of aliphatic hydroxyl groups excluding tert-OH is 1. The van der Waals surface area contributed by atoms with E-state index in [9.17, 15) is 24.6 Å². The second kappa shape index (κ2) is 13.7. The van der Waals surface area contributed by atoms with Crippen LogP contribution in [0.15, 0.2) is 126 Å². The van der Waals surface area contributed by atoms with Gasteiger partial charge in [-0.15, -0.1) is 0 Å². The summed E-state index contributed by atoms with van der Waals surface area (Å²) < 4.78 is 0.729. The SMILES string of the molecule is C[C@@H](/C=C/CC(=O)N(CCO)Cc1ccccc1)[C@]1(O)C(=O)N(Cc2ccc(N3C(=O)c4cccc5cccc3c45)cc2)c2ccc(Br)cc21. The van der Waals surface area contributed by atoms with Crippen LogP contribution in [0.4, 0.5) is 17.1 Å². The molecule has 0 aliphatic carbocycles. The Labute approximate surface area is 299 Å². The van der Waals surface area contributed by atoms with Crippen molar-refractivity contribution in [1.29, 1.82) is 0 Å². The Balaban J connectivity index is 1.09. The first kappa shape index (κ1) is 33.4. The van der Waals surface area contributed by atoms with E-state index in [2.05, 4.69) is 15.9 Å². The number of benzene rings is 5. The third kappa shape index (κ3) is 5.91. The molecule has 0 bridgehead atoms. The molecule has 0 saturated heterocycles. The van der Waals surface area contributed by atoms with Crippen LogP contribution in [-0.4, -0.2) is 46.0 Å². The highest BCUT2D eigenvalue weighted by molar-refractivity contribution is 9.10. The van der Waals surface area contributed by atoms with Crippen LogP contribution in [0.3, 0.4) is 0 Å². The number of nitrogens with zero attached hydrogens (tertiary/aromatic N) is 3. The molecular weight excluding hydrogens is 694 g/mol. The zero-order chi connectivity index (χ0) is 35.0. The Morgan fingerprint density at radius 2 is 1.64 bits per heavy atom. The van der Waals surface area contributed by atoms with Gasteiger partial charge in [-0.1, -0.05) is 102 Å². The molecule has 0 saturated carbocycles. The highest BCUT2D eigenvalue weighted by atomic mass is 79.9. The first-order valence-electron chi connectivity index (χ1n) is 16.6. The van der Waals surface area contributed by atoms with Gasteiger partial charge in [0.25, 0.3) is 11.8 Å². The summed E-state index contributed by atoms with van der Waals surface area (Å²) >= 11 is 3.51. The Morgan fingerprint density at radius 3 is 2.38 bits per heavy atom. The fourth-order valence-corrected chi connectivity index (χ4v) is 7.40. The van der Waals surface area contributed by atoms with Crippen molar-refractivity contribution in [2.45, 2.75) is 32.0 Å². The minimum absolute atomic E-state index is 0.0575. The van der Waals surface area contributed by atoms with Gasteiger partial charge in [-0.05, 0) is 59.0 Å². The quantitative estimate of drug-likeness (QED) is 0.140. The van der Waals surface area contributed by atoms with Crippen molar-refractivity contribution in [1.82, 2.24) is 4.90 Å². The van der Waals surface area contributed by atoms with Gasteiger partial charge in [0.2, 0.25) is 5.91 Å². The molecule has 0 radical (unpaired) electrons. The van der Waals surface area contributed by atoms with Gasteiger partial charge in [0.15, 0.2) is 5.60 Å². The van der Waals surface area contributed by atoms with Crippen LogP contribution in [0.1, 0.15) is 40.4 Å². The predicted molar refractivity (Wildman–Crippen MR) is 198 cm³/mol. The van der Waals surface area contributed by atoms with Crippen molar-refractivity contribution in [2.24, 2.45) is 5.92 Å². The van der Waals surface area contributed by atoms with Gasteiger partial charge < -0.3 is 20.0 Å². The third-order valence-corrected chi connectivity index (χ3v) is 10.1. The molecule has 5 aromatic rings. The minimum Gasteiger partial charge on any atom is -0.395 e. The largest absolute Gasteiger partial charge is 0.395 e. The molecule has 3 amide bonds. The van der Waals surface area contributed by atoms with Gasteiger partial charge in [0, 0.05) is 46.5 Å². The van der Waals surface area contributed by atoms with E-state index in [1.807, 2.05) is 103 Å². The highest BCUT2D eigenvalue weighted by Crippen LogP contribution is 2.47. The number of amides is 3. The summed E-state index contributed by atoms with van der Waals surface area (Å²) in [5, 5.41) is 23.7. The summed E-state index contributed by atoms with van der Waals surface area (Å²) in [5.74, 6) is -1.36. The third-order valence-electron chi connectivity index (χ3n) is 9.64. The molecule has 2 N–H and O–H groups in total. The lowest BCUT2D eigenvalue weighted by atomic mass is 9.83. The van der Waals surface area contributed by atoms with Crippen molar-refractivity contribution < 1.29 is 24.6 Å². The standard InChI is InChI=1S/C41H36BrN3O5/c1-27(8-5-15-37(47)43(22-23-46)25-28-9-3-2-4-10-28)41(50)34-24-31(42)18-21-35(34)44(40(41)49)26-29-16-19-32(20-17-29)45-36-14-7-12-30-11-6-13-33(38(30)36)39(45)48/h2-14,16-21,24,27,46,50H,15,22-23,25-26H2,1H3/b8-5+/t27-,41+/m0/s1. The average Bonchev–Trinajstić information content (AvgIpc) is 3.53. The Bertz CT molecular complexity index is 2130. The van der Waals surface area contributed by atoms with E-state index in [4.69, 9.17) is 0 Å². The summed E-state index contributed by atoms with van der Waals surface area (Å²) in [6.07, 6.45) is 3.46. The van der Waals surface area contributed by atoms with E-state index in [-0.39, 0.29) is 37.9 Å². The van der Waals surface area contributed by atoms with Crippen molar-refractivity contribution in [3.05, 3.63) is 148 Å². The van der Waals surface area contributed by atoms with Crippen LogP contribution in [0, 0.1) is 5.92 Å². The second-order valence-corrected chi connectivity index (χ2v) is 13.7. The van der Waals surface area contributed by atoms with E-state index in [1.54, 1.807) is 39.8 Å². The smallest absolute Gasteiger partial charge is 0.264 e. The van der Waals surface area contributed by atoms with Gasteiger partial charge in [0.1, 0.15) is 0 Å². The van der Waals surface area contributed by atoms with E-state index in [0.717, 1.165) is 37.7 Å². The lowest BCUT2D eigenvalue weighted by Crippen LogP contribution is -2.44. The molecule has 50 heavy (non-hydrogen) atoms. The summed E-state index contributed by atoms with van der Waals surface area (Å²) in [6, 6.07) is 34.2. The molecule has 0 aromatic heterocycles. The molecule has 252 valence electrons. The van der Waals surface area contributed by atoms with E-state index in [0.29, 0.717) is 23.4 Å². The number of anilines is 3. The summed E-state index contributed by atoms with van der Waals surface area (Å²) in [5.41, 5.74) is 3.27. The molecule has 5 aromatic carbocycles. The van der Waals surface area contributed by atoms with Crippen molar-refractivity contribution in [3.63, 3.8) is 0 Å². The van der Waals surface area contributed by atoms with Gasteiger partial charge in [-0.3, -0.25) is 19.3 Å². The number of hydrogen-bond acceptors (Lipinski definition) is 5. The van der Waals surface area contributed by atoms with Crippen LogP contribution in [0.2, 0.25) is 0 Å². The second-order valence-electron chi connectivity index (χ2n) is 12.8. The summed E-state index contributed by atoms with van der Waals surface area (Å²) in [7, 11) is 0. The maximum Gasteiger partial charge on any atom is 0.264 e. The fraction of sp³-hybridized carbons (Fsp3) is 0.195. The number of hydrogen-bond donors (Lipinski definition) is 2. The molecule has 2 aliphatic rings. The molecule has 2 aliphatic heterocycles. The Morgan fingerprint density at radius 1 is 0.900 bits per heavy atom. The molecule has 2 atom stereocenters. The molecule has 7 rings (SSSR count). The zero-order valence-electron chi connectivity index (χ0n) is 27.5. The van der Waals surface area contributed by atoms with Crippen LogP contribution < -0.4 is 9.80 Å². The summed E-state index contributed by atoms with van der Waals surface area (Å²) in [6.45, 7) is 2.40. The fourth-order valence-electron chi connectivity index (χ4n) is 7.04. The van der Waals surface area contributed by atoms with Crippen molar-refractivity contribution in [3.8, 4) is 0 Å². The topological polar surface area (TPSA) is 101 Å². The lowest BCUT2D eigenvalue weighted by Gasteiger charge is -2.28. The van der Waals surface area contributed by atoms with Gasteiger partial charge in [-0.25, -0.2) is 0 Å². The normalized spacial score (nSPS) is 17.2. The molecule has 8 nitrogen and oxygen atoms in total. The molecule has 9 heteroatoms. The number of carbonyl (C=O) groups excluding carboxylic acids is 3. The minimum atomic E-state index is -1.86. The highest BCUT2D eigenvalue weighted by Gasteiger charge is 2.52. The van der Waals surface area contributed by atoms with E-state index >= 15 is 0 Å². The van der Waals surface area contributed by atoms with Gasteiger partial charge >= 0.3 is 0 Å². The van der Waals surface area contributed by atoms with Crippen LogP contribution in [0.25, 0.3) is 10.8 Å². The number of rotatable bonds is 11. The first-order chi connectivity index (χ1) is 24.2. The maximum atomic E-state index is 14.2. The van der Waals surface area contributed by atoms with Crippen LogP contribution in [-0.2, 0) is 28.3 Å². The van der Waals surface area contributed by atoms with Gasteiger partial charge in [0.05, 0.1) is 30.1 Å². The predicted octanol–water partition coefficient (Wildman–Crippen LogP) is 7.23. The lowest BCUT2D eigenvalue weighted by molar-refractivity contribution is -0.139. The van der Waals surface area contributed by atoms with E-state index in [1.165, 1.54) is 0 Å². The summed E-state index contributed by atoms with van der Waals surface area (Å²) in [4.78, 5) is 45.6. The number of fused-ring (bicyclic) bond motifs is 1.